The predicted octanol–water partition coefficient (Wildman–Crippen LogP) is 3.22. The quantitative estimate of drug-likeness (QED) is 0.729. The van der Waals surface area contributed by atoms with Crippen LogP contribution in [0.1, 0.15) is 16.8 Å². The minimum Gasteiger partial charge on any atom is -0.472 e. The molecule has 0 atom stereocenters. The van der Waals surface area contributed by atoms with Gasteiger partial charge in [0.05, 0.1) is 11.2 Å². The van der Waals surface area contributed by atoms with Gasteiger partial charge in [-0.15, -0.1) is 5.10 Å². The first-order valence-corrected chi connectivity index (χ1v) is 6.50. The molecule has 0 fully saturated rings. The Kier molecular flexibility index (Phi) is 3.29. The van der Waals surface area contributed by atoms with Crippen LogP contribution in [0.4, 0.5) is 0 Å². The van der Waals surface area contributed by atoms with Crippen LogP contribution in [-0.4, -0.2) is 15.2 Å². The zero-order valence-electron chi connectivity index (χ0n) is 11.5. The lowest BCUT2D eigenvalue weighted by molar-refractivity contribution is 0.291. The second-order valence-electron chi connectivity index (χ2n) is 4.73. The maximum absolute atomic E-state index is 5.72. The minimum atomic E-state index is 0.436. The topological polar surface area (TPSA) is 47.9 Å². The molecule has 3 rings (SSSR count). The Morgan fingerprint density at radius 2 is 1.90 bits per heavy atom. The summed E-state index contributed by atoms with van der Waals surface area (Å²) in [6, 6.07) is 11.9. The SMILES string of the molecule is Cc1cc(OCc2cccc3cccnc23)nnc1C. The molecule has 20 heavy (non-hydrogen) atoms. The van der Waals surface area contributed by atoms with E-state index in [4.69, 9.17) is 4.74 Å². The molecule has 0 aliphatic carbocycles. The van der Waals surface area contributed by atoms with Gasteiger partial charge in [-0.25, -0.2) is 0 Å². The van der Waals surface area contributed by atoms with Gasteiger partial charge in [0, 0.05) is 23.2 Å². The highest BCUT2D eigenvalue weighted by atomic mass is 16.5. The molecule has 0 aliphatic rings. The summed E-state index contributed by atoms with van der Waals surface area (Å²) in [7, 11) is 0. The van der Waals surface area contributed by atoms with Crippen LogP contribution in [0.25, 0.3) is 10.9 Å². The van der Waals surface area contributed by atoms with Gasteiger partial charge in [0.2, 0.25) is 5.88 Å². The zero-order valence-corrected chi connectivity index (χ0v) is 11.5. The van der Waals surface area contributed by atoms with Gasteiger partial charge in [0.15, 0.2) is 0 Å². The third kappa shape index (κ3) is 2.45. The van der Waals surface area contributed by atoms with Crippen molar-refractivity contribution >= 4 is 10.9 Å². The molecular weight excluding hydrogens is 250 g/mol. The fraction of sp³-hybridized carbons (Fsp3) is 0.188. The average Bonchev–Trinajstić information content (AvgIpc) is 2.48. The Bertz CT molecular complexity index is 750. The molecule has 2 heterocycles. The van der Waals surface area contributed by atoms with E-state index in [1.54, 1.807) is 6.20 Å². The number of hydrogen-bond acceptors (Lipinski definition) is 4. The largest absolute Gasteiger partial charge is 0.472 e. The van der Waals surface area contributed by atoms with Crippen LogP contribution in [0.15, 0.2) is 42.6 Å². The zero-order chi connectivity index (χ0) is 13.9. The monoisotopic (exact) mass is 265 g/mol. The molecule has 0 amide bonds. The first-order valence-electron chi connectivity index (χ1n) is 6.50. The summed E-state index contributed by atoms with van der Waals surface area (Å²) in [4.78, 5) is 4.41. The van der Waals surface area contributed by atoms with Crippen molar-refractivity contribution in [2.45, 2.75) is 20.5 Å². The molecule has 3 aromatic rings. The van der Waals surface area contributed by atoms with Gasteiger partial charge in [-0.3, -0.25) is 4.98 Å². The van der Waals surface area contributed by atoms with Crippen molar-refractivity contribution in [1.29, 1.82) is 0 Å². The van der Waals surface area contributed by atoms with Gasteiger partial charge in [-0.1, -0.05) is 24.3 Å². The van der Waals surface area contributed by atoms with E-state index in [2.05, 4.69) is 15.2 Å². The van der Waals surface area contributed by atoms with Crippen LogP contribution in [0.3, 0.4) is 0 Å². The Morgan fingerprint density at radius 3 is 2.75 bits per heavy atom. The first-order chi connectivity index (χ1) is 9.74. The van der Waals surface area contributed by atoms with Gasteiger partial charge in [-0.2, -0.15) is 5.10 Å². The van der Waals surface area contributed by atoms with Crippen molar-refractivity contribution in [3.8, 4) is 5.88 Å². The summed E-state index contributed by atoms with van der Waals surface area (Å²) in [6.07, 6.45) is 1.79. The van der Waals surface area contributed by atoms with Gasteiger partial charge in [-0.05, 0) is 25.5 Å². The average molecular weight is 265 g/mol. The lowest BCUT2D eigenvalue weighted by Gasteiger charge is -2.08. The van der Waals surface area contributed by atoms with E-state index in [1.165, 1.54) is 0 Å². The smallest absolute Gasteiger partial charge is 0.233 e. The number of benzene rings is 1. The summed E-state index contributed by atoms with van der Waals surface area (Å²) in [6.45, 7) is 4.36. The molecule has 0 bridgehead atoms. The van der Waals surface area contributed by atoms with Gasteiger partial charge < -0.3 is 4.74 Å². The number of hydrogen-bond donors (Lipinski definition) is 0. The van der Waals surface area contributed by atoms with Gasteiger partial charge in [0.25, 0.3) is 0 Å². The number of pyridine rings is 1. The molecule has 4 heteroatoms. The normalized spacial score (nSPS) is 10.7. The predicted molar refractivity (Wildman–Crippen MR) is 77.6 cm³/mol. The Morgan fingerprint density at radius 1 is 1.05 bits per heavy atom. The van der Waals surface area contributed by atoms with Crippen LogP contribution in [0, 0.1) is 13.8 Å². The van der Waals surface area contributed by atoms with Crippen molar-refractivity contribution in [3.05, 3.63) is 59.4 Å². The van der Waals surface area contributed by atoms with Gasteiger partial charge in [0.1, 0.15) is 6.61 Å². The molecule has 0 saturated carbocycles. The van der Waals surface area contributed by atoms with Crippen LogP contribution < -0.4 is 4.74 Å². The second-order valence-corrected chi connectivity index (χ2v) is 4.73. The summed E-state index contributed by atoms with van der Waals surface area (Å²) < 4.78 is 5.72. The lowest BCUT2D eigenvalue weighted by atomic mass is 10.1. The first kappa shape index (κ1) is 12.5. The molecule has 0 unspecified atom stereocenters. The van der Waals surface area contributed by atoms with Crippen molar-refractivity contribution in [2.24, 2.45) is 0 Å². The number of fused-ring (bicyclic) bond motifs is 1. The maximum Gasteiger partial charge on any atom is 0.233 e. The number of rotatable bonds is 3. The molecule has 100 valence electrons. The highest BCUT2D eigenvalue weighted by Crippen LogP contribution is 2.18. The Balaban J connectivity index is 1.85. The van der Waals surface area contributed by atoms with Gasteiger partial charge >= 0.3 is 0 Å². The summed E-state index contributed by atoms with van der Waals surface area (Å²) in [5.74, 6) is 0.543. The van der Waals surface area contributed by atoms with E-state index in [-0.39, 0.29) is 0 Å². The molecule has 0 radical (unpaired) electrons. The number of aromatic nitrogens is 3. The third-order valence-electron chi connectivity index (χ3n) is 3.30. The highest BCUT2D eigenvalue weighted by molar-refractivity contribution is 5.81. The summed E-state index contributed by atoms with van der Waals surface area (Å²) >= 11 is 0. The van der Waals surface area contributed by atoms with Crippen LogP contribution in [0.5, 0.6) is 5.88 Å². The lowest BCUT2D eigenvalue weighted by Crippen LogP contribution is -2.01. The van der Waals surface area contributed by atoms with Crippen LogP contribution in [0.2, 0.25) is 0 Å². The molecule has 0 saturated heterocycles. The molecule has 0 N–H and O–H groups in total. The number of para-hydroxylation sites is 1. The van der Waals surface area contributed by atoms with E-state index in [9.17, 15) is 0 Å². The van der Waals surface area contributed by atoms with Crippen LogP contribution in [-0.2, 0) is 6.61 Å². The minimum absolute atomic E-state index is 0.436. The second kappa shape index (κ2) is 5.25. The highest BCUT2D eigenvalue weighted by Gasteiger charge is 2.05. The molecule has 1 aromatic carbocycles. The van der Waals surface area contributed by atoms with Crippen molar-refractivity contribution in [2.75, 3.05) is 0 Å². The Labute approximate surface area is 117 Å². The standard InChI is InChI=1S/C16H15N3O/c1-11-9-15(19-18-12(11)2)20-10-14-6-3-5-13-7-4-8-17-16(13)14/h3-9H,10H2,1-2H3. The molecule has 4 nitrogen and oxygen atoms in total. The number of ether oxygens (including phenoxy) is 1. The van der Waals surface area contributed by atoms with Crippen molar-refractivity contribution in [1.82, 2.24) is 15.2 Å². The summed E-state index contributed by atoms with van der Waals surface area (Å²) in [5, 5.41) is 9.22. The number of nitrogens with zero attached hydrogens (tertiary/aromatic N) is 3. The fourth-order valence-electron chi connectivity index (χ4n) is 2.03. The fourth-order valence-corrected chi connectivity index (χ4v) is 2.03. The van der Waals surface area contributed by atoms with Crippen LogP contribution >= 0.6 is 0 Å². The van der Waals surface area contributed by atoms with E-state index in [1.807, 2.05) is 50.2 Å². The maximum atomic E-state index is 5.72. The molecule has 0 aliphatic heterocycles. The van der Waals surface area contributed by atoms with E-state index >= 15 is 0 Å². The van der Waals surface area contributed by atoms with E-state index < -0.39 is 0 Å². The third-order valence-corrected chi connectivity index (χ3v) is 3.30. The van der Waals surface area contributed by atoms with E-state index in [0.29, 0.717) is 12.5 Å². The number of aryl methyl sites for hydroxylation is 2. The molecule has 0 spiro atoms. The Hall–Kier alpha value is -2.49. The molecular formula is C16H15N3O. The van der Waals surface area contributed by atoms with E-state index in [0.717, 1.165) is 27.7 Å². The molecule has 2 aromatic heterocycles. The summed E-state index contributed by atoms with van der Waals surface area (Å²) in [5.41, 5.74) is 4.00. The van der Waals surface area contributed by atoms with Crippen molar-refractivity contribution < 1.29 is 4.74 Å². The van der Waals surface area contributed by atoms with Crippen molar-refractivity contribution in [3.63, 3.8) is 0 Å².